The summed E-state index contributed by atoms with van der Waals surface area (Å²) in [7, 11) is 0. The Kier molecular flexibility index (Phi) is 5.36. The number of likely N-dealkylation sites (tertiary alicyclic amines) is 1. The van der Waals surface area contributed by atoms with Gasteiger partial charge >= 0.3 is 5.97 Å². The number of carbonyl (C=O) groups excluding carboxylic acids is 2. The van der Waals surface area contributed by atoms with E-state index >= 15 is 0 Å². The van der Waals surface area contributed by atoms with Crippen molar-refractivity contribution in [1.82, 2.24) is 10.2 Å². The second-order valence-electron chi connectivity index (χ2n) is 5.90. The Hall–Kier alpha value is -2.37. The number of piperidine rings is 1. The maximum Gasteiger partial charge on any atom is 0.303 e. The van der Waals surface area contributed by atoms with Crippen LogP contribution in [0.4, 0.5) is 0 Å². The smallest absolute Gasteiger partial charge is 0.303 e. The molecule has 0 radical (unpaired) electrons. The molecule has 1 saturated heterocycles. The first kappa shape index (κ1) is 17.0. The molecule has 0 aromatic heterocycles. The summed E-state index contributed by atoms with van der Waals surface area (Å²) in [4.78, 5) is 35.9. The summed E-state index contributed by atoms with van der Waals surface area (Å²) in [6.07, 6.45) is 1.11. The number of hydrogen-bond acceptors (Lipinski definition) is 3. The zero-order valence-corrected chi connectivity index (χ0v) is 13.2. The summed E-state index contributed by atoms with van der Waals surface area (Å²) >= 11 is 0. The van der Waals surface area contributed by atoms with E-state index in [1.807, 2.05) is 30.3 Å². The van der Waals surface area contributed by atoms with Gasteiger partial charge in [-0.3, -0.25) is 14.4 Å². The molecule has 1 aliphatic rings. The van der Waals surface area contributed by atoms with E-state index in [2.05, 4.69) is 5.32 Å². The van der Waals surface area contributed by atoms with Crippen molar-refractivity contribution in [3.63, 3.8) is 0 Å². The first-order valence-corrected chi connectivity index (χ1v) is 7.77. The second-order valence-corrected chi connectivity index (χ2v) is 5.90. The number of nitrogens with one attached hydrogen (secondary N) is 1. The van der Waals surface area contributed by atoms with Crippen LogP contribution in [0.15, 0.2) is 30.3 Å². The van der Waals surface area contributed by atoms with Gasteiger partial charge in [-0.25, -0.2) is 0 Å². The molecule has 0 atom stereocenters. The predicted molar refractivity (Wildman–Crippen MR) is 84.6 cm³/mol. The van der Waals surface area contributed by atoms with Crippen LogP contribution in [0.5, 0.6) is 0 Å². The standard InChI is InChI=1S/C17H22N2O4/c1-13(20)18-17(14-5-3-2-4-6-14)9-11-19(12-10-17)15(21)7-8-16(22)23/h2-6H,7-12H2,1H3,(H,18,20)(H,22,23). The van der Waals surface area contributed by atoms with Crippen molar-refractivity contribution in [2.45, 2.75) is 38.1 Å². The Morgan fingerprint density at radius 1 is 1.13 bits per heavy atom. The minimum Gasteiger partial charge on any atom is -0.481 e. The molecular formula is C17H22N2O4. The highest BCUT2D eigenvalue weighted by atomic mass is 16.4. The zero-order chi connectivity index (χ0) is 16.9. The molecule has 124 valence electrons. The number of aliphatic carboxylic acids is 1. The highest BCUT2D eigenvalue weighted by molar-refractivity contribution is 5.81. The lowest BCUT2D eigenvalue weighted by Gasteiger charge is -2.42. The van der Waals surface area contributed by atoms with Crippen molar-refractivity contribution >= 4 is 17.8 Å². The van der Waals surface area contributed by atoms with Crippen LogP contribution in [0, 0.1) is 0 Å². The van der Waals surface area contributed by atoms with Gasteiger partial charge in [0.1, 0.15) is 0 Å². The Morgan fingerprint density at radius 3 is 2.26 bits per heavy atom. The third-order valence-corrected chi connectivity index (χ3v) is 4.26. The van der Waals surface area contributed by atoms with Gasteiger partial charge in [0.05, 0.1) is 12.0 Å². The van der Waals surface area contributed by atoms with E-state index in [0.717, 1.165) is 5.56 Å². The topological polar surface area (TPSA) is 86.7 Å². The predicted octanol–water partition coefficient (Wildman–Crippen LogP) is 1.51. The van der Waals surface area contributed by atoms with Gasteiger partial charge in [-0.15, -0.1) is 0 Å². The van der Waals surface area contributed by atoms with Gasteiger partial charge in [0.25, 0.3) is 0 Å². The van der Waals surface area contributed by atoms with Crippen molar-refractivity contribution in [2.75, 3.05) is 13.1 Å². The van der Waals surface area contributed by atoms with Crippen LogP contribution in [0.2, 0.25) is 0 Å². The summed E-state index contributed by atoms with van der Waals surface area (Å²) in [5.41, 5.74) is 0.573. The van der Waals surface area contributed by atoms with Crippen LogP contribution in [-0.4, -0.2) is 40.9 Å². The Balaban J connectivity index is 2.07. The molecular weight excluding hydrogens is 296 g/mol. The number of benzene rings is 1. The quantitative estimate of drug-likeness (QED) is 0.861. The van der Waals surface area contributed by atoms with E-state index in [4.69, 9.17) is 5.11 Å². The normalized spacial score (nSPS) is 16.7. The molecule has 2 rings (SSSR count). The van der Waals surface area contributed by atoms with E-state index in [1.54, 1.807) is 4.90 Å². The Morgan fingerprint density at radius 2 is 1.74 bits per heavy atom. The average molecular weight is 318 g/mol. The fraction of sp³-hybridized carbons (Fsp3) is 0.471. The van der Waals surface area contributed by atoms with Gasteiger partial charge in [-0.05, 0) is 18.4 Å². The molecule has 2 N–H and O–H groups in total. The number of nitrogens with zero attached hydrogens (tertiary/aromatic N) is 1. The first-order chi connectivity index (χ1) is 10.9. The number of amides is 2. The van der Waals surface area contributed by atoms with Crippen LogP contribution in [-0.2, 0) is 19.9 Å². The molecule has 0 bridgehead atoms. The lowest BCUT2D eigenvalue weighted by Crippen LogP contribution is -2.53. The van der Waals surface area contributed by atoms with Crippen LogP contribution in [0.25, 0.3) is 0 Å². The molecule has 1 aliphatic heterocycles. The number of carbonyl (C=O) groups is 3. The fourth-order valence-electron chi connectivity index (χ4n) is 3.09. The summed E-state index contributed by atoms with van der Waals surface area (Å²) in [6, 6.07) is 9.76. The third kappa shape index (κ3) is 4.31. The molecule has 0 unspecified atom stereocenters. The molecule has 6 nitrogen and oxygen atoms in total. The fourth-order valence-corrected chi connectivity index (χ4v) is 3.09. The van der Waals surface area contributed by atoms with Gasteiger partial charge in [0, 0.05) is 26.4 Å². The van der Waals surface area contributed by atoms with Crippen molar-refractivity contribution in [3.8, 4) is 0 Å². The van der Waals surface area contributed by atoms with Gasteiger partial charge in [-0.2, -0.15) is 0 Å². The molecule has 2 amide bonds. The summed E-state index contributed by atoms with van der Waals surface area (Å²) in [5, 5.41) is 11.7. The number of rotatable bonds is 5. The van der Waals surface area contributed by atoms with E-state index in [1.165, 1.54) is 6.92 Å². The largest absolute Gasteiger partial charge is 0.481 e. The minimum absolute atomic E-state index is 0.0216. The molecule has 1 aromatic carbocycles. The molecule has 1 aromatic rings. The van der Waals surface area contributed by atoms with Crippen LogP contribution in [0.3, 0.4) is 0 Å². The van der Waals surface area contributed by atoms with Gasteiger partial charge in [0.15, 0.2) is 0 Å². The average Bonchev–Trinajstić information content (AvgIpc) is 2.53. The molecule has 0 spiro atoms. The van der Waals surface area contributed by atoms with E-state index in [0.29, 0.717) is 25.9 Å². The second kappa shape index (κ2) is 7.26. The van der Waals surface area contributed by atoms with Crippen molar-refractivity contribution in [2.24, 2.45) is 0 Å². The van der Waals surface area contributed by atoms with E-state index < -0.39 is 11.5 Å². The number of hydrogen-bond donors (Lipinski definition) is 2. The van der Waals surface area contributed by atoms with Crippen LogP contribution < -0.4 is 5.32 Å². The van der Waals surface area contributed by atoms with Crippen molar-refractivity contribution in [1.29, 1.82) is 0 Å². The molecule has 0 saturated carbocycles. The number of carboxylic acids is 1. The third-order valence-electron chi connectivity index (χ3n) is 4.26. The van der Waals surface area contributed by atoms with E-state index in [-0.39, 0.29) is 24.7 Å². The molecule has 1 heterocycles. The van der Waals surface area contributed by atoms with Crippen LogP contribution in [0.1, 0.15) is 38.2 Å². The zero-order valence-electron chi connectivity index (χ0n) is 13.2. The maximum atomic E-state index is 12.0. The van der Waals surface area contributed by atoms with E-state index in [9.17, 15) is 14.4 Å². The summed E-state index contributed by atoms with van der Waals surface area (Å²) < 4.78 is 0. The summed E-state index contributed by atoms with van der Waals surface area (Å²) in [5.74, 6) is -1.20. The van der Waals surface area contributed by atoms with Crippen molar-refractivity contribution in [3.05, 3.63) is 35.9 Å². The Labute approximate surface area is 135 Å². The maximum absolute atomic E-state index is 12.0. The Bertz CT molecular complexity index is 578. The molecule has 0 aliphatic carbocycles. The molecule has 23 heavy (non-hydrogen) atoms. The highest BCUT2D eigenvalue weighted by Crippen LogP contribution is 2.33. The van der Waals surface area contributed by atoms with Gasteiger partial charge < -0.3 is 15.3 Å². The minimum atomic E-state index is -0.966. The monoisotopic (exact) mass is 318 g/mol. The first-order valence-electron chi connectivity index (χ1n) is 7.77. The lowest BCUT2D eigenvalue weighted by molar-refractivity contribution is -0.141. The van der Waals surface area contributed by atoms with Crippen LogP contribution >= 0.6 is 0 Å². The number of carboxylic acid groups (broad SMARTS) is 1. The highest BCUT2D eigenvalue weighted by Gasteiger charge is 2.37. The van der Waals surface area contributed by atoms with Gasteiger partial charge in [-0.1, -0.05) is 30.3 Å². The van der Waals surface area contributed by atoms with Crippen molar-refractivity contribution < 1.29 is 19.5 Å². The summed E-state index contributed by atoms with van der Waals surface area (Å²) in [6.45, 7) is 2.51. The molecule has 1 fully saturated rings. The van der Waals surface area contributed by atoms with Gasteiger partial charge in [0.2, 0.25) is 11.8 Å². The molecule has 6 heteroatoms. The SMILES string of the molecule is CC(=O)NC1(c2ccccc2)CCN(C(=O)CCC(=O)O)CC1. The lowest BCUT2D eigenvalue weighted by atomic mass is 9.80.